The minimum Gasteiger partial charge on any atom is -0.357 e. The maximum Gasteiger partial charge on any atom is 0.264 e. The molecule has 1 atom stereocenters. The summed E-state index contributed by atoms with van der Waals surface area (Å²) in [6, 6.07) is 28.2. The second-order valence-corrected chi connectivity index (χ2v) is 12.4. The number of amides is 2. The van der Waals surface area contributed by atoms with Crippen LogP contribution in [-0.4, -0.2) is 44.8 Å². The molecule has 42 heavy (non-hydrogen) atoms. The number of nitrogens with one attached hydrogen (secondary N) is 1. The zero-order valence-electron chi connectivity index (χ0n) is 23.2. The maximum absolute atomic E-state index is 14.3. The molecule has 0 aromatic heterocycles. The second kappa shape index (κ2) is 13.9. The molecule has 218 valence electrons. The van der Waals surface area contributed by atoms with Gasteiger partial charge in [-0.05, 0) is 60.0 Å². The molecule has 0 fully saturated rings. The van der Waals surface area contributed by atoms with Crippen molar-refractivity contribution in [2.24, 2.45) is 0 Å². The number of benzene rings is 4. The summed E-state index contributed by atoms with van der Waals surface area (Å²) < 4.78 is 29.1. The molecular formula is C32H31Cl2N3O4S. The summed E-state index contributed by atoms with van der Waals surface area (Å²) in [5, 5.41) is 3.56. The van der Waals surface area contributed by atoms with Crippen LogP contribution in [0.1, 0.15) is 16.7 Å². The smallest absolute Gasteiger partial charge is 0.264 e. The predicted molar refractivity (Wildman–Crippen MR) is 167 cm³/mol. The topological polar surface area (TPSA) is 86.8 Å². The molecule has 4 aromatic rings. The molecule has 0 radical (unpaired) electrons. The minimum absolute atomic E-state index is 0.0218. The first-order valence-corrected chi connectivity index (χ1v) is 15.4. The monoisotopic (exact) mass is 623 g/mol. The summed E-state index contributed by atoms with van der Waals surface area (Å²) in [7, 11) is -2.69. The van der Waals surface area contributed by atoms with E-state index in [-0.39, 0.29) is 29.5 Å². The third-order valence-corrected chi connectivity index (χ3v) is 9.34. The fourth-order valence-electron chi connectivity index (χ4n) is 4.61. The Balaban J connectivity index is 1.81. The zero-order chi connectivity index (χ0) is 30.3. The fraction of sp³-hybridized carbons (Fsp3) is 0.188. The van der Waals surface area contributed by atoms with E-state index >= 15 is 0 Å². The highest BCUT2D eigenvalue weighted by molar-refractivity contribution is 7.92. The summed E-state index contributed by atoms with van der Waals surface area (Å²) in [6.45, 7) is 1.19. The van der Waals surface area contributed by atoms with E-state index < -0.39 is 28.5 Å². The van der Waals surface area contributed by atoms with Crippen molar-refractivity contribution in [3.05, 3.63) is 130 Å². The quantitative estimate of drug-likeness (QED) is 0.226. The lowest BCUT2D eigenvalue weighted by Gasteiger charge is -2.34. The van der Waals surface area contributed by atoms with Crippen molar-refractivity contribution < 1.29 is 18.0 Å². The average molecular weight is 625 g/mol. The molecule has 0 saturated heterocycles. The summed E-state index contributed by atoms with van der Waals surface area (Å²) in [6.07, 6.45) is 0.224. The maximum atomic E-state index is 14.3. The second-order valence-electron chi connectivity index (χ2n) is 9.68. The summed E-state index contributed by atoms with van der Waals surface area (Å²) in [5.74, 6) is -0.939. The summed E-state index contributed by atoms with van der Waals surface area (Å²) in [5.41, 5.74) is 2.35. The number of hydrogen-bond acceptors (Lipinski definition) is 4. The molecule has 0 saturated carbocycles. The Hall–Kier alpha value is -3.85. The lowest BCUT2D eigenvalue weighted by atomic mass is 10.0. The Labute approximate surface area is 256 Å². The van der Waals surface area contributed by atoms with E-state index in [0.29, 0.717) is 15.6 Å². The number of rotatable bonds is 11. The van der Waals surface area contributed by atoms with Gasteiger partial charge >= 0.3 is 0 Å². The number of anilines is 1. The van der Waals surface area contributed by atoms with Crippen LogP contribution >= 0.6 is 23.2 Å². The van der Waals surface area contributed by atoms with Crippen molar-refractivity contribution in [3.8, 4) is 0 Å². The minimum atomic E-state index is -4.20. The molecule has 2 amide bonds. The number of carbonyl (C=O) groups excluding carboxylic acids is 2. The predicted octanol–water partition coefficient (Wildman–Crippen LogP) is 5.88. The molecule has 0 aliphatic carbocycles. The Kier molecular flexibility index (Phi) is 10.3. The molecule has 0 aliphatic rings. The number of halogens is 2. The average Bonchev–Trinajstić information content (AvgIpc) is 3.00. The van der Waals surface area contributed by atoms with Crippen LogP contribution in [0, 0.1) is 6.92 Å². The molecule has 4 aromatic carbocycles. The molecule has 7 nitrogen and oxygen atoms in total. The molecule has 0 heterocycles. The van der Waals surface area contributed by atoms with E-state index in [1.165, 1.54) is 24.1 Å². The number of likely N-dealkylation sites (N-methyl/N-ethyl adjacent to an activating group) is 1. The van der Waals surface area contributed by atoms with E-state index in [9.17, 15) is 18.0 Å². The van der Waals surface area contributed by atoms with Crippen LogP contribution in [0.5, 0.6) is 0 Å². The van der Waals surface area contributed by atoms with Crippen molar-refractivity contribution in [1.29, 1.82) is 0 Å². The lowest BCUT2D eigenvalue weighted by molar-refractivity contribution is -0.139. The molecule has 0 spiro atoms. The Bertz CT molecular complexity index is 1630. The molecule has 0 aliphatic heterocycles. The first kappa shape index (κ1) is 31.1. The van der Waals surface area contributed by atoms with Crippen LogP contribution in [0.15, 0.2) is 108 Å². The summed E-state index contributed by atoms with van der Waals surface area (Å²) in [4.78, 5) is 29.1. The molecule has 4 rings (SSSR count). The zero-order valence-corrected chi connectivity index (χ0v) is 25.5. The van der Waals surface area contributed by atoms with E-state index in [0.717, 1.165) is 15.4 Å². The van der Waals surface area contributed by atoms with Crippen molar-refractivity contribution in [3.63, 3.8) is 0 Å². The number of nitrogens with zero attached hydrogens (tertiary/aromatic N) is 2. The highest BCUT2D eigenvalue weighted by Gasteiger charge is 2.35. The number of hydrogen-bond donors (Lipinski definition) is 1. The lowest BCUT2D eigenvalue weighted by Crippen LogP contribution is -2.53. The molecule has 0 unspecified atom stereocenters. The van der Waals surface area contributed by atoms with E-state index in [2.05, 4.69) is 5.32 Å². The first-order valence-electron chi connectivity index (χ1n) is 13.2. The van der Waals surface area contributed by atoms with E-state index in [1.807, 2.05) is 30.3 Å². The van der Waals surface area contributed by atoms with Crippen molar-refractivity contribution in [2.45, 2.75) is 30.8 Å². The van der Waals surface area contributed by atoms with E-state index in [4.69, 9.17) is 23.2 Å². The molecule has 10 heteroatoms. The Morgan fingerprint density at radius 1 is 0.810 bits per heavy atom. The Morgan fingerprint density at radius 3 is 2.05 bits per heavy atom. The standard InChI is InChI=1S/C32H31Cl2N3O4S/c1-23-28(34)14-9-15-29(23)37(42(40,41)27-12-7-4-8-13-27)22-31(38)36(21-25-16-18-26(33)19-17-25)30(32(39)35-2)20-24-10-5-3-6-11-24/h3-19,30H,20-22H2,1-2H3,(H,35,39)/t30-/m1/s1. The van der Waals surface area contributed by atoms with Gasteiger partial charge in [0.2, 0.25) is 11.8 Å². The number of sulfonamides is 1. The van der Waals surface area contributed by atoms with Gasteiger partial charge in [0.1, 0.15) is 12.6 Å². The van der Waals surface area contributed by atoms with Crippen molar-refractivity contribution in [1.82, 2.24) is 10.2 Å². The normalized spacial score (nSPS) is 11.9. The van der Waals surface area contributed by atoms with Gasteiger partial charge in [-0.1, -0.05) is 89.9 Å². The van der Waals surface area contributed by atoms with Crippen LogP contribution in [0.4, 0.5) is 5.69 Å². The van der Waals surface area contributed by atoms with Crippen LogP contribution < -0.4 is 9.62 Å². The van der Waals surface area contributed by atoms with Crippen LogP contribution in [0.2, 0.25) is 10.0 Å². The van der Waals surface area contributed by atoms with E-state index in [1.54, 1.807) is 67.6 Å². The largest absolute Gasteiger partial charge is 0.357 e. The summed E-state index contributed by atoms with van der Waals surface area (Å²) >= 11 is 12.5. The Morgan fingerprint density at radius 2 is 1.43 bits per heavy atom. The van der Waals surface area contributed by atoms with Gasteiger partial charge in [0, 0.05) is 30.1 Å². The highest BCUT2D eigenvalue weighted by Crippen LogP contribution is 2.31. The van der Waals surface area contributed by atoms with Gasteiger partial charge < -0.3 is 10.2 Å². The van der Waals surface area contributed by atoms with Crippen LogP contribution in [0.25, 0.3) is 0 Å². The van der Waals surface area contributed by atoms with Crippen molar-refractivity contribution >= 4 is 50.7 Å². The van der Waals surface area contributed by atoms with Gasteiger partial charge in [-0.2, -0.15) is 0 Å². The van der Waals surface area contributed by atoms with Gasteiger partial charge in [-0.15, -0.1) is 0 Å². The van der Waals surface area contributed by atoms with Gasteiger partial charge in [0.05, 0.1) is 10.6 Å². The third-order valence-electron chi connectivity index (χ3n) is 6.90. The van der Waals surface area contributed by atoms with Gasteiger partial charge in [-0.3, -0.25) is 13.9 Å². The van der Waals surface area contributed by atoms with Crippen molar-refractivity contribution in [2.75, 3.05) is 17.9 Å². The van der Waals surface area contributed by atoms with Gasteiger partial charge in [0.25, 0.3) is 10.0 Å². The number of carbonyl (C=O) groups is 2. The first-order chi connectivity index (χ1) is 20.1. The van der Waals surface area contributed by atoms with Crippen LogP contribution in [-0.2, 0) is 32.6 Å². The molecule has 1 N–H and O–H groups in total. The van der Waals surface area contributed by atoms with Gasteiger partial charge in [0.15, 0.2) is 0 Å². The molecular weight excluding hydrogens is 593 g/mol. The fourth-order valence-corrected chi connectivity index (χ4v) is 6.39. The van der Waals surface area contributed by atoms with Gasteiger partial charge in [-0.25, -0.2) is 8.42 Å². The SMILES string of the molecule is CNC(=O)[C@@H](Cc1ccccc1)N(Cc1ccc(Cl)cc1)C(=O)CN(c1cccc(Cl)c1C)S(=O)(=O)c1ccccc1. The highest BCUT2D eigenvalue weighted by atomic mass is 35.5. The third kappa shape index (κ3) is 7.31. The molecule has 0 bridgehead atoms. The van der Waals surface area contributed by atoms with Crippen LogP contribution in [0.3, 0.4) is 0 Å².